The van der Waals surface area contributed by atoms with Crippen molar-refractivity contribution in [2.24, 2.45) is 5.92 Å². The molecule has 0 aliphatic carbocycles. The van der Waals surface area contributed by atoms with Crippen LogP contribution in [0.1, 0.15) is 33.1 Å². The van der Waals surface area contributed by atoms with E-state index in [0.717, 1.165) is 25.7 Å². The molecule has 2 atom stereocenters. The molecule has 0 aromatic carbocycles. The highest BCUT2D eigenvalue weighted by Gasteiger charge is 2.37. The molecule has 2 unspecified atom stereocenters. The fourth-order valence-corrected chi connectivity index (χ4v) is 2.56. The van der Waals surface area contributed by atoms with Gasteiger partial charge in [-0.15, -0.1) is 0 Å². The van der Waals surface area contributed by atoms with E-state index in [9.17, 15) is 4.79 Å². The van der Waals surface area contributed by atoms with Gasteiger partial charge in [-0.1, -0.05) is 13.8 Å². The molecule has 2 rings (SSSR count). The molecule has 0 amide bonds. The van der Waals surface area contributed by atoms with Crippen molar-refractivity contribution in [2.45, 2.75) is 45.2 Å². The second kappa shape index (κ2) is 4.62. The Morgan fingerprint density at radius 2 is 1.93 bits per heavy atom. The van der Waals surface area contributed by atoms with E-state index in [1.165, 1.54) is 6.42 Å². The number of hydrogen-bond donors (Lipinski definition) is 0. The molecular formula is C12H21NO2. The summed E-state index contributed by atoms with van der Waals surface area (Å²) in [6.45, 7) is 7.13. The Morgan fingerprint density at radius 3 is 2.47 bits per heavy atom. The minimum absolute atomic E-state index is 0.365. The lowest BCUT2D eigenvalue weighted by Gasteiger charge is -2.45. The van der Waals surface area contributed by atoms with E-state index in [2.05, 4.69) is 18.7 Å². The summed E-state index contributed by atoms with van der Waals surface area (Å²) in [5.74, 6) is 1.17. The van der Waals surface area contributed by atoms with Crippen LogP contribution in [-0.2, 0) is 9.53 Å². The van der Waals surface area contributed by atoms with Crippen LogP contribution in [0.15, 0.2) is 0 Å². The SMILES string of the molecule is CC(C)CCN1C2COCC1CC(=O)C2. The lowest BCUT2D eigenvalue weighted by atomic mass is 9.92. The number of hydrogen-bond acceptors (Lipinski definition) is 3. The number of ketones is 1. The molecule has 0 radical (unpaired) electrons. The van der Waals surface area contributed by atoms with Crippen molar-refractivity contribution in [1.29, 1.82) is 0 Å². The number of ether oxygens (including phenoxy) is 1. The topological polar surface area (TPSA) is 29.5 Å². The van der Waals surface area contributed by atoms with E-state index in [4.69, 9.17) is 4.74 Å². The Morgan fingerprint density at radius 1 is 1.33 bits per heavy atom. The van der Waals surface area contributed by atoms with E-state index < -0.39 is 0 Å². The molecule has 2 saturated heterocycles. The Kier molecular flexibility index (Phi) is 3.42. The first-order valence-corrected chi connectivity index (χ1v) is 6.02. The van der Waals surface area contributed by atoms with Crippen LogP contribution in [0.2, 0.25) is 0 Å². The first kappa shape index (κ1) is 11.1. The number of nitrogens with zero attached hydrogens (tertiary/aromatic N) is 1. The summed E-state index contributed by atoms with van der Waals surface area (Å²) in [4.78, 5) is 14.0. The summed E-state index contributed by atoms with van der Waals surface area (Å²) >= 11 is 0. The molecule has 0 aromatic heterocycles. The van der Waals surface area contributed by atoms with Crippen LogP contribution in [-0.4, -0.2) is 42.5 Å². The third kappa shape index (κ3) is 2.58. The Hall–Kier alpha value is -0.410. The molecule has 3 nitrogen and oxygen atoms in total. The number of piperidine rings is 1. The molecule has 2 aliphatic rings. The molecule has 2 bridgehead atoms. The Labute approximate surface area is 91.8 Å². The van der Waals surface area contributed by atoms with E-state index in [0.29, 0.717) is 30.7 Å². The number of morpholine rings is 1. The van der Waals surface area contributed by atoms with Crippen LogP contribution in [0.4, 0.5) is 0 Å². The predicted molar refractivity (Wildman–Crippen MR) is 58.8 cm³/mol. The van der Waals surface area contributed by atoms with Gasteiger partial charge in [0.1, 0.15) is 5.78 Å². The van der Waals surface area contributed by atoms with Gasteiger partial charge < -0.3 is 4.74 Å². The highest BCUT2D eigenvalue weighted by molar-refractivity contribution is 5.80. The van der Waals surface area contributed by atoms with Crippen LogP contribution < -0.4 is 0 Å². The highest BCUT2D eigenvalue weighted by atomic mass is 16.5. The number of fused-ring (bicyclic) bond motifs is 2. The molecule has 0 aromatic rings. The average molecular weight is 211 g/mol. The van der Waals surface area contributed by atoms with E-state index in [-0.39, 0.29) is 0 Å². The molecule has 2 heterocycles. The van der Waals surface area contributed by atoms with Gasteiger partial charge in [-0.3, -0.25) is 9.69 Å². The van der Waals surface area contributed by atoms with E-state index in [1.54, 1.807) is 0 Å². The highest BCUT2D eigenvalue weighted by Crippen LogP contribution is 2.25. The molecular weight excluding hydrogens is 190 g/mol. The van der Waals surface area contributed by atoms with Gasteiger partial charge in [-0.05, 0) is 18.9 Å². The quantitative estimate of drug-likeness (QED) is 0.708. The largest absolute Gasteiger partial charge is 0.378 e. The lowest BCUT2D eigenvalue weighted by molar-refractivity contribution is -0.135. The van der Waals surface area contributed by atoms with Gasteiger partial charge in [-0.25, -0.2) is 0 Å². The average Bonchev–Trinajstić information content (AvgIpc) is 2.14. The number of Topliss-reactive ketones (excluding diaryl/α,β-unsaturated/α-hetero) is 1. The molecule has 2 aliphatic heterocycles. The second-order valence-corrected chi connectivity index (χ2v) is 5.21. The first-order chi connectivity index (χ1) is 7.16. The van der Waals surface area contributed by atoms with Crippen molar-refractivity contribution < 1.29 is 9.53 Å². The molecule has 15 heavy (non-hydrogen) atoms. The summed E-state index contributed by atoms with van der Waals surface area (Å²) in [5.41, 5.74) is 0. The fraction of sp³-hybridized carbons (Fsp3) is 0.917. The van der Waals surface area contributed by atoms with Crippen LogP contribution >= 0.6 is 0 Å². The van der Waals surface area contributed by atoms with Crippen molar-refractivity contribution in [2.75, 3.05) is 19.8 Å². The predicted octanol–water partition coefficient (Wildman–Crippen LogP) is 1.46. The van der Waals surface area contributed by atoms with E-state index in [1.807, 2.05) is 0 Å². The fourth-order valence-electron chi connectivity index (χ4n) is 2.56. The Bertz CT molecular complexity index is 224. The van der Waals surface area contributed by atoms with Crippen molar-refractivity contribution in [3.05, 3.63) is 0 Å². The van der Waals surface area contributed by atoms with Gasteiger partial charge in [-0.2, -0.15) is 0 Å². The molecule has 0 N–H and O–H groups in total. The monoisotopic (exact) mass is 211 g/mol. The van der Waals surface area contributed by atoms with Gasteiger partial charge in [0.2, 0.25) is 0 Å². The maximum absolute atomic E-state index is 11.5. The van der Waals surface area contributed by atoms with Crippen molar-refractivity contribution in [3.8, 4) is 0 Å². The van der Waals surface area contributed by atoms with Gasteiger partial charge in [0.05, 0.1) is 13.2 Å². The molecule has 3 heteroatoms. The maximum Gasteiger partial charge on any atom is 0.136 e. The number of carbonyl (C=O) groups is 1. The van der Waals surface area contributed by atoms with Gasteiger partial charge >= 0.3 is 0 Å². The van der Waals surface area contributed by atoms with Crippen molar-refractivity contribution in [3.63, 3.8) is 0 Å². The van der Waals surface area contributed by atoms with E-state index >= 15 is 0 Å². The Balaban J connectivity index is 1.95. The third-order valence-electron chi connectivity index (χ3n) is 3.45. The third-order valence-corrected chi connectivity index (χ3v) is 3.45. The summed E-state index contributed by atoms with van der Waals surface area (Å²) in [6, 6.07) is 0.729. The van der Waals surface area contributed by atoms with Gasteiger partial charge in [0.25, 0.3) is 0 Å². The summed E-state index contributed by atoms with van der Waals surface area (Å²) in [7, 11) is 0. The minimum atomic E-state index is 0.365. The standard InChI is InChI=1S/C12H21NO2/c1-9(2)3-4-13-10-5-12(14)6-11(13)8-15-7-10/h9-11H,3-8H2,1-2H3. The normalized spacial score (nSPS) is 32.3. The molecule has 86 valence electrons. The molecule has 2 fully saturated rings. The summed E-state index contributed by atoms with van der Waals surface area (Å²) < 4.78 is 5.53. The van der Waals surface area contributed by atoms with Crippen LogP contribution in [0.25, 0.3) is 0 Å². The molecule has 0 saturated carbocycles. The number of rotatable bonds is 3. The van der Waals surface area contributed by atoms with Crippen LogP contribution in [0.3, 0.4) is 0 Å². The maximum atomic E-state index is 11.5. The van der Waals surface area contributed by atoms with Crippen molar-refractivity contribution >= 4 is 5.78 Å². The summed E-state index contributed by atoms with van der Waals surface area (Å²) in [6.07, 6.45) is 2.63. The lowest BCUT2D eigenvalue weighted by Crippen LogP contribution is -2.57. The zero-order valence-electron chi connectivity index (χ0n) is 9.74. The van der Waals surface area contributed by atoms with Crippen LogP contribution in [0.5, 0.6) is 0 Å². The van der Waals surface area contributed by atoms with Crippen LogP contribution in [0, 0.1) is 5.92 Å². The zero-order chi connectivity index (χ0) is 10.8. The van der Waals surface area contributed by atoms with Gasteiger partial charge in [0.15, 0.2) is 0 Å². The minimum Gasteiger partial charge on any atom is -0.378 e. The molecule has 0 spiro atoms. The van der Waals surface area contributed by atoms with Crippen molar-refractivity contribution in [1.82, 2.24) is 4.90 Å². The second-order valence-electron chi connectivity index (χ2n) is 5.21. The number of carbonyl (C=O) groups excluding carboxylic acids is 1. The van der Waals surface area contributed by atoms with Gasteiger partial charge in [0, 0.05) is 24.9 Å². The zero-order valence-corrected chi connectivity index (χ0v) is 9.74. The first-order valence-electron chi connectivity index (χ1n) is 6.02. The smallest absolute Gasteiger partial charge is 0.136 e. The summed E-state index contributed by atoms with van der Waals surface area (Å²) in [5, 5.41) is 0.